The molecule has 0 spiro atoms. The number of methoxy groups -OCH3 is 1. The molecule has 2 amide bonds. The second-order valence-corrected chi connectivity index (χ2v) is 9.00. The summed E-state index contributed by atoms with van der Waals surface area (Å²) in [6.07, 6.45) is 2.04. The number of hydrogen-bond donors (Lipinski definition) is 2. The Morgan fingerprint density at radius 3 is 2.39 bits per heavy atom. The molecule has 0 aliphatic carbocycles. The second kappa shape index (κ2) is 12.2. The number of thioether (sulfide) groups is 1. The molecule has 36 heavy (non-hydrogen) atoms. The minimum atomic E-state index is -0.126. The third-order valence-electron chi connectivity index (χ3n) is 5.55. The fraction of sp³-hybridized carbons (Fsp3) is 0.214. The number of amides is 2. The van der Waals surface area contributed by atoms with Gasteiger partial charge in [0.2, 0.25) is 5.91 Å². The number of para-hydroxylation sites is 1. The van der Waals surface area contributed by atoms with Gasteiger partial charge in [0.15, 0.2) is 0 Å². The first-order valence-corrected chi connectivity index (χ1v) is 12.7. The molecule has 0 atom stereocenters. The van der Waals surface area contributed by atoms with Crippen molar-refractivity contribution in [2.75, 3.05) is 31.3 Å². The lowest BCUT2D eigenvalue weighted by atomic mass is 10.2. The van der Waals surface area contributed by atoms with Gasteiger partial charge in [-0.2, -0.15) is 0 Å². The highest BCUT2D eigenvalue weighted by atomic mass is 32.2. The molecule has 1 aromatic heterocycles. The van der Waals surface area contributed by atoms with E-state index in [1.165, 1.54) is 11.8 Å². The van der Waals surface area contributed by atoms with Crippen LogP contribution in [0.4, 0.5) is 5.69 Å². The maximum Gasteiger partial charge on any atom is 0.251 e. The van der Waals surface area contributed by atoms with Crippen LogP contribution in [0.1, 0.15) is 17.3 Å². The number of carbonyl (C=O) groups excluding carboxylic acids is 2. The predicted molar refractivity (Wildman–Crippen MR) is 144 cm³/mol. The molecule has 2 N–H and O–H groups in total. The Morgan fingerprint density at radius 2 is 1.67 bits per heavy atom. The first-order chi connectivity index (χ1) is 17.6. The third kappa shape index (κ3) is 6.40. The fourth-order valence-corrected chi connectivity index (χ4v) is 4.68. The van der Waals surface area contributed by atoms with E-state index in [-0.39, 0.29) is 17.6 Å². The van der Waals surface area contributed by atoms with Crippen LogP contribution >= 0.6 is 11.8 Å². The normalized spacial score (nSPS) is 10.7. The Bertz CT molecular complexity index is 1320. The van der Waals surface area contributed by atoms with E-state index in [2.05, 4.69) is 15.2 Å². The molecule has 0 unspecified atom stereocenters. The van der Waals surface area contributed by atoms with Crippen LogP contribution in [0.25, 0.3) is 10.9 Å². The summed E-state index contributed by atoms with van der Waals surface area (Å²) in [5.41, 5.74) is 2.38. The maximum atomic E-state index is 12.5. The van der Waals surface area contributed by atoms with Gasteiger partial charge in [-0.25, -0.2) is 0 Å². The van der Waals surface area contributed by atoms with E-state index in [4.69, 9.17) is 9.47 Å². The smallest absolute Gasteiger partial charge is 0.251 e. The summed E-state index contributed by atoms with van der Waals surface area (Å²) in [6.45, 7) is 3.60. The molecule has 0 saturated carbocycles. The van der Waals surface area contributed by atoms with Crippen LogP contribution in [-0.4, -0.2) is 42.4 Å². The summed E-state index contributed by atoms with van der Waals surface area (Å²) >= 11 is 1.49. The molecule has 0 fully saturated rings. The van der Waals surface area contributed by atoms with Crippen LogP contribution in [-0.2, 0) is 11.3 Å². The zero-order valence-corrected chi connectivity index (χ0v) is 21.1. The molecule has 186 valence electrons. The van der Waals surface area contributed by atoms with Crippen LogP contribution in [0.15, 0.2) is 83.9 Å². The fourth-order valence-electron chi connectivity index (χ4n) is 3.79. The summed E-state index contributed by atoms with van der Waals surface area (Å²) in [7, 11) is 1.61. The lowest BCUT2D eigenvalue weighted by Crippen LogP contribution is -2.27. The van der Waals surface area contributed by atoms with Crippen molar-refractivity contribution in [1.82, 2.24) is 9.88 Å². The van der Waals surface area contributed by atoms with Crippen LogP contribution in [0.3, 0.4) is 0 Å². The number of anilines is 1. The molecule has 0 aliphatic heterocycles. The SMILES string of the molecule is CCOc1ccc(C(=O)NCCn2cc(SCC(=O)Nc3ccc(OC)cc3)c3ccccc32)cc1. The predicted octanol–water partition coefficient (Wildman–Crippen LogP) is 5.21. The number of benzene rings is 3. The van der Waals surface area contributed by atoms with Crippen LogP contribution < -0.4 is 20.1 Å². The molecule has 0 bridgehead atoms. The topological polar surface area (TPSA) is 81.6 Å². The van der Waals surface area contributed by atoms with Crippen LogP contribution in [0.5, 0.6) is 11.5 Å². The minimum absolute atomic E-state index is 0.0791. The standard InChI is InChI=1S/C28H29N3O4S/c1-3-35-23-12-8-20(9-13-23)28(33)29-16-17-31-18-26(24-6-4-5-7-25(24)31)36-19-27(32)30-21-10-14-22(34-2)15-11-21/h4-15,18H,3,16-17,19H2,1-2H3,(H,29,33)(H,30,32). The van der Waals surface area contributed by atoms with Gasteiger partial charge in [-0.15, -0.1) is 11.8 Å². The number of rotatable bonds is 11. The van der Waals surface area contributed by atoms with E-state index in [0.717, 1.165) is 33.0 Å². The van der Waals surface area contributed by atoms with Crippen molar-refractivity contribution in [3.8, 4) is 11.5 Å². The number of nitrogens with one attached hydrogen (secondary N) is 2. The molecular formula is C28H29N3O4S. The molecule has 0 saturated heterocycles. The molecule has 4 rings (SSSR count). The van der Waals surface area contributed by atoms with Crippen molar-refractivity contribution in [3.63, 3.8) is 0 Å². The van der Waals surface area contributed by atoms with Gasteiger partial charge >= 0.3 is 0 Å². The largest absolute Gasteiger partial charge is 0.497 e. The number of hydrogen-bond acceptors (Lipinski definition) is 5. The third-order valence-corrected chi connectivity index (χ3v) is 6.59. The number of carbonyl (C=O) groups is 2. The molecule has 0 radical (unpaired) electrons. The summed E-state index contributed by atoms with van der Waals surface area (Å²) < 4.78 is 12.7. The van der Waals surface area contributed by atoms with Crippen molar-refractivity contribution in [2.24, 2.45) is 0 Å². The molecule has 4 aromatic rings. The molecule has 0 aliphatic rings. The highest BCUT2D eigenvalue weighted by Gasteiger charge is 2.12. The van der Waals surface area contributed by atoms with Gasteiger partial charge < -0.3 is 24.7 Å². The number of ether oxygens (including phenoxy) is 2. The van der Waals surface area contributed by atoms with Crippen molar-refractivity contribution in [3.05, 3.63) is 84.6 Å². The molecule has 1 heterocycles. The van der Waals surface area contributed by atoms with E-state index in [0.29, 0.717) is 25.3 Å². The Balaban J connectivity index is 1.34. The van der Waals surface area contributed by atoms with Crippen LogP contribution in [0.2, 0.25) is 0 Å². The van der Waals surface area contributed by atoms with Crippen molar-refractivity contribution < 1.29 is 19.1 Å². The average Bonchev–Trinajstić information content (AvgIpc) is 3.26. The van der Waals surface area contributed by atoms with Crippen LogP contribution in [0, 0.1) is 0 Å². The van der Waals surface area contributed by atoms with Gasteiger partial charge in [-0.3, -0.25) is 9.59 Å². The summed E-state index contributed by atoms with van der Waals surface area (Å²) in [6, 6.07) is 22.4. The van der Waals surface area contributed by atoms with Gasteiger partial charge in [0.05, 0.1) is 19.5 Å². The Hall–Kier alpha value is -3.91. The summed E-state index contributed by atoms with van der Waals surface area (Å²) in [4.78, 5) is 26.0. The molecule has 7 nitrogen and oxygen atoms in total. The van der Waals surface area contributed by atoms with E-state index in [9.17, 15) is 9.59 Å². The van der Waals surface area contributed by atoms with E-state index in [1.807, 2.05) is 61.7 Å². The first kappa shape index (κ1) is 25.2. The lowest BCUT2D eigenvalue weighted by Gasteiger charge is -2.08. The van der Waals surface area contributed by atoms with Crippen molar-refractivity contribution in [2.45, 2.75) is 18.4 Å². The number of fused-ring (bicyclic) bond motifs is 1. The summed E-state index contributed by atoms with van der Waals surface area (Å²) in [5.74, 6) is 1.57. The number of aromatic nitrogens is 1. The zero-order valence-electron chi connectivity index (χ0n) is 20.3. The lowest BCUT2D eigenvalue weighted by molar-refractivity contribution is -0.113. The van der Waals surface area contributed by atoms with Gasteiger partial charge in [-0.1, -0.05) is 18.2 Å². The Kier molecular flexibility index (Phi) is 8.52. The Labute approximate surface area is 214 Å². The molecular weight excluding hydrogens is 474 g/mol. The van der Waals surface area contributed by atoms with E-state index >= 15 is 0 Å². The van der Waals surface area contributed by atoms with Gasteiger partial charge in [-0.05, 0) is 61.5 Å². The van der Waals surface area contributed by atoms with Crippen molar-refractivity contribution >= 4 is 40.2 Å². The Morgan fingerprint density at radius 1 is 0.944 bits per heavy atom. The summed E-state index contributed by atoms with van der Waals surface area (Å²) in [5, 5.41) is 6.97. The second-order valence-electron chi connectivity index (χ2n) is 7.98. The maximum absolute atomic E-state index is 12.5. The quantitative estimate of drug-likeness (QED) is 0.275. The monoisotopic (exact) mass is 503 g/mol. The molecule has 8 heteroatoms. The highest BCUT2D eigenvalue weighted by molar-refractivity contribution is 8.00. The van der Waals surface area contributed by atoms with Gasteiger partial charge in [0.25, 0.3) is 5.91 Å². The van der Waals surface area contributed by atoms with E-state index < -0.39 is 0 Å². The number of nitrogens with zero attached hydrogens (tertiary/aromatic N) is 1. The van der Waals surface area contributed by atoms with Crippen molar-refractivity contribution in [1.29, 1.82) is 0 Å². The van der Waals surface area contributed by atoms with Gasteiger partial charge in [0, 0.05) is 46.3 Å². The first-order valence-electron chi connectivity index (χ1n) is 11.7. The zero-order chi connectivity index (χ0) is 25.3. The highest BCUT2D eigenvalue weighted by Crippen LogP contribution is 2.30. The average molecular weight is 504 g/mol. The van der Waals surface area contributed by atoms with Gasteiger partial charge in [0.1, 0.15) is 11.5 Å². The minimum Gasteiger partial charge on any atom is -0.497 e. The molecule has 3 aromatic carbocycles. The van der Waals surface area contributed by atoms with E-state index in [1.54, 1.807) is 31.4 Å².